The van der Waals surface area contributed by atoms with Crippen molar-refractivity contribution in [2.45, 2.75) is 39.2 Å². The third-order valence-corrected chi connectivity index (χ3v) is 5.32. The van der Waals surface area contributed by atoms with E-state index < -0.39 is 0 Å². The number of nitrogens with zero attached hydrogens (tertiary/aromatic N) is 2. The first kappa shape index (κ1) is 17.7. The SMILES string of the molecule is Cc1csc(CCCCNC(=O)[C@H]2CC(=O)N(Cc3ccco3)C2)n1. The van der Waals surface area contributed by atoms with Crippen molar-refractivity contribution >= 4 is 23.2 Å². The van der Waals surface area contributed by atoms with Crippen LogP contribution >= 0.6 is 11.3 Å². The summed E-state index contributed by atoms with van der Waals surface area (Å²) in [5.74, 6) is 0.465. The number of furan rings is 1. The van der Waals surface area contributed by atoms with E-state index in [0.717, 1.165) is 35.7 Å². The van der Waals surface area contributed by atoms with Crippen molar-refractivity contribution in [2.24, 2.45) is 5.92 Å². The summed E-state index contributed by atoms with van der Waals surface area (Å²) in [5, 5.41) is 6.17. The number of nitrogens with one attached hydrogen (secondary N) is 1. The molecule has 7 heteroatoms. The van der Waals surface area contributed by atoms with Crippen LogP contribution in [0.2, 0.25) is 0 Å². The Bertz CT molecular complexity index is 711. The largest absolute Gasteiger partial charge is 0.467 e. The molecule has 1 fully saturated rings. The Morgan fingerprint density at radius 3 is 3.08 bits per heavy atom. The summed E-state index contributed by atoms with van der Waals surface area (Å²) in [5.41, 5.74) is 1.07. The first-order chi connectivity index (χ1) is 12.1. The maximum Gasteiger partial charge on any atom is 0.225 e. The fourth-order valence-electron chi connectivity index (χ4n) is 2.97. The van der Waals surface area contributed by atoms with Crippen molar-refractivity contribution in [2.75, 3.05) is 13.1 Å². The molecule has 1 atom stereocenters. The molecule has 25 heavy (non-hydrogen) atoms. The van der Waals surface area contributed by atoms with Gasteiger partial charge in [0.05, 0.1) is 23.7 Å². The van der Waals surface area contributed by atoms with E-state index >= 15 is 0 Å². The predicted molar refractivity (Wildman–Crippen MR) is 95.0 cm³/mol. The molecule has 3 rings (SSSR count). The number of hydrogen-bond donors (Lipinski definition) is 1. The van der Waals surface area contributed by atoms with Gasteiger partial charge in [0, 0.05) is 30.6 Å². The summed E-state index contributed by atoms with van der Waals surface area (Å²) in [4.78, 5) is 30.4. The topological polar surface area (TPSA) is 75.4 Å². The first-order valence-electron chi connectivity index (χ1n) is 8.60. The minimum Gasteiger partial charge on any atom is -0.467 e. The fourth-order valence-corrected chi connectivity index (χ4v) is 3.78. The van der Waals surface area contributed by atoms with Crippen LogP contribution in [0, 0.1) is 12.8 Å². The lowest BCUT2D eigenvalue weighted by molar-refractivity contribution is -0.129. The van der Waals surface area contributed by atoms with Crippen molar-refractivity contribution in [3.63, 3.8) is 0 Å². The van der Waals surface area contributed by atoms with E-state index in [1.165, 1.54) is 0 Å². The summed E-state index contributed by atoms with van der Waals surface area (Å²) in [6.45, 7) is 3.54. The zero-order valence-electron chi connectivity index (χ0n) is 14.4. The number of hydrogen-bond acceptors (Lipinski definition) is 5. The van der Waals surface area contributed by atoms with E-state index in [2.05, 4.69) is 15.7 Å². The number of rotatable bonds is 8. The molecule has 2 amide bonds. The van der Waals surface area contributed by atoms with Gasteiger partial charge < -0.3 is 14.6 Å². The molecular weight excluding hydrogens is 338 g/mol. The molecule has 0 unspecified atom stereocenters. The van der Waals surface area contributed by atoms with Gasteiger partial charge in [0.15, 0.2) is 0 Å². The van der Waals surface area contributed by atoms with E-state index in [4.69, 9.17) is 4.42 Å². The minimum atomic E-state index is -0.260. The molecule has 0 bridgehead atoms. The van der Waals surface area contributed by atoms with E-state index in [1.54, 1.807) is 28.6 Å². The van der Waals surface area contributed by atoms with Crippen molar-refractivity contribution < 1.29 is 14.0 Å². The average Bonchev–Trinajstić information content (AvgIpc) is 3.31. The molecule has 2 aromatic rings. The van der Waals surface area contributed by atoms with Crippen LogP contribution in [0.3, 0.4) is 0 Å². The van der Waals surface area contributed by atoms with Gasteiger partial charge in [-0.05, 0) is 38.3 Å². The van der Waals surface area contributed by atoms with Crippen molar-refractivity contribution in [1.82, 2.24) is 15.2 Å². The molecule has 3 heterocycles. The van der Waals surface area contributed by atoms with Gasteiger partial charge in [0.1, 0.15) is 5.76 Å². The van der Waals surface area contributed by atoms with E-state index in [0.29, 0.717) is 19.6 Å². The second-order valence-electron chi connectivity index (χ2n) is 6.39. The maximum absolute atomic E-state index is 12.3. The highest BCUT2D eigenvalue weighted by atomic mass is 32.1. The Morgan fingerprint density at radius 2 is 2.36 bits per heavy atom. The van der Waals surface area contributed by atoms with Gasteiger partial charge in [-0.2, -0.15) is 0 Å². The zero-order chi connectivity index (χ0) is 17.6. The lowest BCUT2D eigenvalue weighted by Crippen LogP contribution is -2.33. The number of carbonyl (C=O) groups excluding carboxylic acids is 2. The summed E-state index contributed by atoms with van der Waals surface area (Å²) in [6.07, 6.45) is 4.74. The highest BCUT2D eigenvalue weighted by Gasteiger charge is 2.34. The van der Waals surface area contributed by atoms with Gasteiger partial charge in [-0.1, -0.05) is 0 Å². The zero-order valence-corrected chi connectivity index (χ0v) is 15.2. The van der Waals surface area contributed by atoms with E-state index in [1.807, 2.05) is 13.0 Å². The Balaban J connectivity index is 1.35. The van der Waals surface area contributed by atoms with Gasteiger partial charge in [-0.25, -0.2) is 4.98 Å². The highest BCUT2D eigenvalue weighted by molar-refractivity contribution is 7.09. The Kier molecular flexibility index (Phi) is 5.86. The van der Waals surface area contributed by atoms with Gasteiger partial charge in [0.25, 0.3) is 0 Å². The molecule has 0 aliphatic carbocycles. The maximum atomic E-state index is 12.3. The second kappa shape index (κ2) is 8.29. The summed E-state index contributed by atoms with van der Waals surface area (Å²) in [7, 11) is 0. The van der Waals surface area contributed by atoms with E-state index in [-0.39, 0.29) is 24.2 Å². The van der Waals surface area contributed by atoms with Crippen LogP contribution in [0.15, 0.2) is 28.2 Å². The van der Waals surface area contributed by atoms with E-state index in [9.17, 15) is 9.59 Å². The third kappa shape index (κ3) is 4.92. The van der Waals surface area contributed by atoms with Gasteiger partial charge in [-0.15, -0.1) is 11.3 Å². The summed E-state index contributed by atoms with van der Waals surface area (Å²) < 4.78 is 5.27. The lowest BCUT2D eigenvalue weighted by Gasteiger charge is -2.15. The molecule has 2 aromatic heterocycles. The first-order valence-corrected chi connectivity index (χ1v) is 9.48. The molecule has 0 spiro atoms. The number of carbonyl (C=O) groups is 2. The van der Waals surface area contributed by atoms with Crippen LogP contribution in [-0.4, -0.2) is 34.8 Å². The molecular formula is C18H23N3O3S. The normalized spacial score (nSPS) is 17.2. The van der Waals surface area contributed by atoms with Gasteiger partial charge >= 0.3 is 0 Å². The van der Waals surface area contributed by atoms with Crippen LogP contribution in [0.5, 0.6) is 0 Å². The molecule has 6 nitrogen and oxygen atoms in total. The van der Waals surface area contributed by atoms with Crippen molar-refractivity contribution in [3.8, 4) is 0 Å². The molecule has 1 N–H and O–H groups in total. The minimum absolute atomic E-state index is 0.00990. The predicted octanol–water partition coefficient (Wildman–Crippen LogP) is 2.53. The van der Waals surface area contributed by atoms with Crippen LogP contribution in [-0.2, 0) is 22.6 Å². The highest BCUT2D eigenvalue weighted by Crippen LogP contribution is 2.20. The average molecular weight is 361 g/mol. The number of aryl methyl sites for hydroxylation is 2. The summed E-state index contributed by atoms with van der Waals surface area (Å²) >= 11 is 1.69. The van der Waals surface area contributed by atoms with Crippen LogP contribution in [0.1, 0.15) is 35.7 Å². The molecule has 1 aliphatic heterocycles. The van der Waals surface area contributed by atoms with Crippen molar-refractivity contribution in [1.29, 1.82) is 0 Å². The second-order valence-corrected chi connectivity index (χ2v) is 7.33. The Labute approximate surface area is 151 Å². The monoisotopic (exact) mass is 361 g/mol. The van der Waals surface area contributed by atoms with Crippen LogP contribution < -0.4 is 5.32 Å². The molecule has 1 aliphatic rings. The van der Waals surface area contributed by atoms with Crippen molar-refractivity contribution in [3.05, 3.63) is 40.2 Å². The smallest absolute Gasteiger partial charge is 0.225 e. The lowest BCUT2D eigenvalue weighted by atomic mass is 10.1. The number of aromatic nitrogens is 1. The number of likely N-dealkylation sites (tertiary alicyclic amines) is 1. The Morgan fingerprint density at radius 1 is 1.48 bits per heavy atom. The number of amides is 2. The quantitative estimate of drug-likeness (QED) is 0.733. The summed E-state index contributed by atoms with van der Waals surface area (Å²) in [6, 6.07) is 3.64. The van der Waals surface area contributed by atoms with Crippen LogP contribution in [0.4, 0.5) is 0 Å². The number of unbranched alkanes of at least 4 members (excludes halogenated alkanes) is 1. The molecule has 0 saturated carbocycles. The molecule has 0 aromatic carbocycles. The molecule has 134 valence electrons. The van der Waals surface area contributed by atoms with Gasteiger partial charge in [0.2, 0.25) is 11.8 Å². The van der Waals surface area contributed by atoms with Gasteiger partial charge in [-0.3, -0.25) is 9.59 Å². The standard InChI is InChI=1S/C18H23N3O3S/c1-13-12-25-16(20-13)6-2-3-7-19-18(23)14-9-17(22)21(10-14)11-15-5-4-8-24-15/h4-5,8,12,14H,2-3,6-7,9-11H2,1H3,(H,19,23)/t14-/m0/s1. The fraction of sp³-hybridized carbons (Fsp3) is 0.500. The Hall–Kier alpha value is -2.15. The van der Waals surface area contributed by atoms with Crippen LogP contribution in [0.25, 0.3) is 0 Å². The molecule has 1 saturated heterocycles. The third-order valence-electron chi connectivity index (χ3n) is 4.30. The number of thiazole rings is 1. The molecule has 0 radical (unpaired) electrons.